The van der Waals surface area contributed by atoms with Crippen LogP contribution in [0.1, 0.15) is 20.8 Å². The lowest BCUT2D eigenvalue weighted by molar-refractivity contribution is 0.0602. The summed E-state index contributed by atoms with van der Waals surface area (Å²) in [6.45, 7) is 1.82. The number of thiophene rings is 1. The summed E-state index contributed by atoms with van der Waals surface area (Å²) >= 11 is 1.06. The van der Waals surface area contributed by atoms with E-state index in [0.717, 1.165) is 16.9 Å². The van der Waals surface area contributed by atoms with Crippen LogP contribution in [0.15, 0.2) is 33.3 Å². The number of aryl methyl sites for hydroxylation is 1. The van der Waals surface area contributed by atoms with Gasteiger partial charge in [-0.3, -0.25) is 0 Å². The maximum Gasteiger partial charge on any atom is 0.349 e. The number of nitrogens with zero attached hydrogens (tertiary/aromatic N) is 1. The summed E-state index contributed by atoms with van der Waals surface area (Å²) in [5.41, 5.74) is 1.26. The molecule has 0 fully saturated rings. The zero-order valence-corrected chi connectivity index (χ0v) is 13.5. The molecule has 0 saturated carbocycles. The molecule has 0 aliphatic rings. The minimum atomic E-state index is -3.79. The van der Waals surface area contributed by atoms with Crippen molar-refractivity contribution in [2.75, 3.05) is 14.2 Å². The monoisotopic (exact) mass is 329 g/mol. The summed E-state index contributed by atoms with van der Waals surface area (Å²) in [5.74, 6) is -0.650. The number of furan rings is 1. The van der Waals surface area contributed by atoms with Gasteiger partial charge in [0.2, 0.25) is 10.0 Å². The molecular weight excluding hydrogens is 314 g/mol. The smallest absolute Gasteiger partial charge is 0.349 e. The van der Waals surface area contributed by atoms with Crippen molar-refractivity contribution < 1.29 is 22.4 Å². The van der Waals surface area contributed by atoms with Gasteiger partial charge in [-0.05, 0) is 23.9 Å². The first-order chi connectivity index (χ1) is 9.87. The number of sulfonamides is 1. The van der Waals surface area contributed by atoms with Gasteiger partial charge < -0.3 is 9.15 Å². The first kappa shape index (κ1) is 15.7. The van der Waals surface area contributed by atoms with E-state index in [9.17, 15) is 13.2 Å². The highest BCUT2D eigenvalue weighted by atomic mass is 32.2. The van der Waals surface area contributed by atoms with Gasteiger partial charge in [0.1, 0.15) is 9.77 Å². The molecule has 0 aliphatic carbocycles. The largest absolute Gasteiger partial charge is 0.472 e. The number of rotatable bonds is 5. The molecular formula is C13H15NO5S2. The van der Waals surface area contributed by atoms with E-state index in [1.807, 2.05) is 0 Å². The van der Waals surface area contributed by atoms with Gasteiger partial charge in [-0.1, -0.05) is 0 Å². The standard InChI is InChI=1S/C13H15NO5S2/c1-9-8-20-11(13(15)18-3)12(9)21(16,17)14(2)6-10-4-5-19-7-10/h4-5,7-8H,6H2,1-3H3. The van der Waals surface area contributed by atoms with Gasteiger partial charge in [-0.15, -0.1) is 11.3 Å². The lowest BCUT2D eigenvalue weighted by Crippen LogP contribution is -2.27. The van der Waals surface area contributed by atoms with Gasteiger partial charge in [-0.25, -0.2) is 13.2 Å². The number of hydrogen-bond donors (Lipinski definition) is 0. The molecule has 0 amide bonds. The number of carbonyl (C=O) groups excluding carboxylic acids is 1. The molecule has 8 heteroatoms. The second kappa shape index (κ2) is 6.00. The lowest BCUT2D eigenvalue weighted by Gasteiger charge is -2.17. The Morgan fingerprint density at radius 1 is 1.48 bits per heavy atom. The highest BCUT2D eigenvalue weighted by molar-refractivity contribution is 7.89. The van der Waals surface area contributed by atoms with Crippen molar-refractivity contribution in [2.45, 2.75) is 18.4 Å². The van der Waals surface area contributed by atoms with Crippen LogP contribution in [-0.4, -0.2) is 32.8 Å². The SMILES string of the molecule is COC(=O)c1scc(C)c1S(=O)(=O)N(C)Cc1ccoc1. The number of ether oxygens (including phenoxy) is 1. The normalized spacial score (nSPS) is 11.8. The first-order valence-corrected chi connectivity index (χ1v) is 8.33. The first-order valence-electron chi connectivity index (χ1n) is 6.01. The van der Waals surface area contributed by atoms with Crippen LogP contribution in [0.4, 0.5) is 0 Å². The fourth-order valence-corrected chi connectivity index (χ4v) is 4.68. The predicted octanol–water partition coefficient (Wildman–Crippen LogP) is 2.26. The van der Waals surface area contributed by atoms with Crippen LogP contribution >= 0.6 is 11.3 Å². The van der Waals surface area contributed by atoms with Crippen LogP contribution in [0, 0.1) is 6.92 Å². The molecule has 0 aromatic carbocycles. The topological polar surface area (TPSA) is 76.8 Å². The number of carbonyl (C=O) groups is 1. The zero-order valence-electron chi connectivity index (χ0n) is 11.8. The summed E-state index contributed by atoms with van der Waals surface area (Å²) in [7, 11) is -1.10. The van der Waals surface area contributed by atoms with Gasteiger partial charge >= 0.3 is 5.97 Å². The van der Waals surface area contributed by atoms with Crippen molar-refractivity contribution in [1.29, 1.82) is 0 Å². The van der Waals surface area contributed by atoms with E-state index in [4.69, 9.17) is 4.42 Å². The van der Waals surface area contributed by atoms with Crippen molar-refractivity contribution in [3.8, 4) is 0 Å². The van der Waals surface area contributed by atoms with Crippen molar-refractivity contribution >= 4 is 27.3 Å². The molecule has 6 nitrogen and oxygen atoms in total. The molecule has 2 heterocycles. The van der Waals surface area contributed by atoms with Gasteiger partial charge in [0.25, 0.3) is 0 Å². The Hall–Kier alpha value is -1.64. The molecule has 0 spiro atoms. The Bertz CT molecular complexity index is 731. The van der Waals surface area contributed by atoms with Crippen LogP contribution < -0.4 is 0 Å². The Morgan fingerprint density at radius 2 is 2.19 bits per heavy atom. The minimum Gasteiger partial charge on any atom is -0.472 e. The maximum atomic E-state index is 12.7. The molecule has 21 heavy (non-hydrogen) atoms. The summed E-state index contributed by atoms with van der Waals surface area (Å²) < 4.78 is 36.1. The van der Waals surface area contributed by atoms with Gasteiger partial charge in [0.15, 0.2) is 0 Å². The molecule has 0 aliphatic heterocycles. The van der Waals surface area contributed by atoms with E-state index < -0.39 is 16.0 Å². The summed E-state index contributed by atoms with van der Waals surface area (Å²) in [6.07, 6.45) is 2.96. The van der Waals surface area contributed by atoms with Crippen LogP contribution in [-0.2, 0) is 21.3 Å². The highest BCUT2D eigenvalue weighted by Gasteiger charge is 2.30. The minimum absolute atomic E-state index is 0.00495. The predicted molar refractivity (Wildman–Crippen MR) is 77.8 cm³/mol. The van der Waals surface area contributed by atoms with Crippen molar-refractivity contribution in [3.05, 3.63) is 40.0 Å². The average molecular weight is 329 g/mol. The molecule has 0 unspecified atom stereocenters. The lowest BCUT2D eigenvalue weighted by atomic mass is 10.3. The van der Waals surface area contributed by atoms with E-state index in [1.165, 1.54) is 31.0 Å². The second-order valence-corrected chi connectivity index (χ2v) is 7.32. The zero-order chi connectivity index (χ0) is 15.6. The highest BCUT2D eigenvalue weighted by Crippen LogP contribution is 2.30. The third-order valence-electron chi connectivity index (χ3n) is 2.94. The van der Waals surface area contributed by atoms with Crippen LogP contribution in [0.5, 0.6) is 0 Å². The van der Waals surface area contributed by atoms with Crippen molar-refractivity contribution in [1.82, 2.24) is 4.31 Å². The molecule has 0 bridgehead atoms. The van der Waals surface area contributed by atoms with Gasteiger partial charge in [-0.2, -0.15) is 4.31 Å². The number of methoxy groups -OCH3 is 1. The maximum absolute atomic E-state index is 12.7. The molecule has 2 aromatic heterocycles. The van der Waals surface area contributed by atoms with Crippen LogP contribution in [0.3, 0.4) is 0 Å². The number of esters is 1. The molecule has 0 atom stereocenters. The quantitative estimate of drug-likeness (QED) is 0.786. The summed E-state index contributed by atoms with van der Waals surface area (Å²) in [4.78, 5) is 11.8. The fraction of sp³-hybridized carbons (Fsp3) is 0.308. The molecule has 114 valence electrons. The van der Waals surface area contributed by atoms with Gasteiger partial charge in [0, 0.05) is 19.2 Å². The average Bonchev–Trinajstić information content (AvgIpc) is 3.07. The van der Waals surface area contributed by atoms with Crippen LogP contribution in [0.25, 0.3) is 0 Å². The van der Waals surface area contributed by atoms with Gasteiger partial charge in [0.05, 0.1) is 19.6 Å². The Kier molecular flexibility index (Phi) is 4.50. The molecule has 0 saturated heterocycles. The summed E-state index contributed by atoms with van der Waals surface area (Å²) in [6, 6.07) is 1.69. The van der Waals surface area contributed by atoms with Crippen molar-refractivity contribution in [3.63, 3.8) is 0 Å². The molecule has 2 aromatic rings. The van der Waals surface area contributed by atoms with E-state index in [0.29, 0.717) is 5.56 Å². The molecule has 0 radical (unpaired) electrons. The van der Waals surface area contributed by atoms with E-state index >= 15 is 0 Å². The molecule has 0 N–H and O–H groups in total. The third kappa shape index (κ3) is 3.02. The molecule has 2 rings (SSSR count). The third-order valence-corrected chi connectivity index (χ3v) is 6.14. The van der Waals surface area contributed by atoms with Crippen LogP contribution in [0.2, 0.25) is 0 Å². The Morgan fingerprint density at radius 3 is 2.76 bits per heavy atom. The second-order valence-electron chi connectivity index (χ2n) is 4.46. The Labute approximate surface area is 127 Å². The Balaban J connectivity index is 2.39. The van der Waals surface area contributed by atoms with E-state index in [-0.39, 0.29) is 16.3 Å². The fourth-order valence-electron chi connectivity index (χ4n) is 1.87. The number of hydrogen-bond acceptors (Lipinski definition) is 6. The van der Waals surface area contributed by atoms with E-state index in [2.05, 4.69) is 4.74 Å². The van der Waals surface area contributed by atoms with Crippen molar-refractivity contribution in [2.24, 2.45) is 0 Å². The summed E-state index contributed by atoms with van der Waals surface area (Å²) in [5, 5.41) is 1.63. The van der Waals surface area contributed by atoms with E-state index in [1.54, 1.807) is 18.4 Å².